The van der Waals surface area contributed by atoms with Gasteiger partial charge in [0.05, 0.1) is 25.8 Å². The second kappa shape index (κ2) is 13.5. The lowest BCUT2D eigenvalue weighted by molar-refractivity contribution is -0.134. The summed E-state index contributed by atoms with van der Waals surface area (Å²) in [4.78, 5) is 54.1. The van der Waals surface area contributed by atoms with Crippen molar-refractivity contribution in [2.75, 3.05) is 13.7 Å². The number of epoxide rings is 1. The van der Waals surface area contributed by atoms with Gasteiger partial charge in [-0.3, -0.25) is 19.2 Å². The number of hydrogen-bond donors (Lipinski definition) is 2. The van der Waals surface area contributed by atoms with Crippen molar-refractivity contribution in [2.24, 2.45) is 11.8 Å². The smallest absolute Gasteiger partial charge is 0.248 e. The molecule has 4 atom stereocenters. The van der Waals surface area contributed by atoms with E-state index >= 15 is 0 Å². The Morgan fingerprint density at radius 2 is 1.70 bits per heavy atom. The van der Waals surface area contributed by atoms with E-state index in [0.717, 1.165) is 47.9 Å². The molecule has 5 rings (SSSR count). The van der Waals surface area contributed by atoms with Gasteiger partial charge in [-0.2, -0.15) is 0 Å². The maximum atomic E-state index is 13.9. The molecular formula is C36H44N2O6. The van der Waals surface area contributed by atoms with Crippen LogP contribution in [0.25, 0.3) is 5.57 Å². The molecule has 1 heterocycles. The van der Waals surface area contributed by atoms with Gasteiger partial charge in [0, 0.05) is 24.3 Å². The molecular weight excluding hydrogens is 556 g/mol. The normalized spacial score (nSPS) is 21.3. The SMILES string of the molecule is COc1ccc(CC(CC(=O)C(C)NC(=O)C2=C(C)c3ccccc3C2)C(=O)NC(CC2CCCC2)C(=O)C2(C)CO2)cc1. The van der Waals surface area contributed by atoms with Crippen molar-refractivity contribution in [2.45, 2.75) is 89.8 Å². The minimum atomic E-state index is -0.858. The van der Waals surface area contributed by atoms with Crippen molar-refractivity contribution in [1.29, 1.82) is 0 Å². The van der Waals surface area contributed by atoms with Crippen LogP contribution in [0.1, 0.15) is 76.0 Å². The number of carbonyl (C=O) groups excluding carboxylic acids is 4. The molecule has 4 unspecified atom stereocenters. The molecule has 2 aromatic rings. The summed E-state index contributed by atoms with van der Waals surface area (Å²) >= 11 is 0. The molecule has 1 saturated carbocycles. The number of nitrogens with one attached hydrogen (secondary N) is 2. The summed E-state index contributed by atoms with van der Waals surface area (Å²) in [6.45, 7) is 5.72. The molecule has 0 spiro atoms. The monoisotopic (exact) mass is 600 g/mol. The first-order valence-electron chi connectivity index (χ1n) is 15.8. The Hall–Kier alpha value is -3.78. The van der Waals surface area contributed by atoms with Crippen LogP contribution in [0.3, 0.4) is 0 Å². The largest absolute Gasteiger partial charge is 0.497 e. The fourth-order valence-corrected chi connectivity index (χ4v) is 6.58. The summed E-state index contributed by atoms with van der Waals surface area (Å²) < 4.78 is 10.7. The lowest BCUT2D eigenvalue weighted by atomic mass is 9.88. The van der Waals surface area contributed by atoms with Gasteiger partial charge in [-0.05, 0) is 73.9 Å². The third kappa shape index (κ3) is 7.29. The second-order valence-electron chi connectivity index (χ2n) is 12.9. The molecule has 2 N–H and O–H groups in total. The van der Waals surface area contributed by atoms with Gasteiger partial charge < -0.3 is 20.1 Å². The van der Waals surface area contributed by atoms with Gasteiger partial charge in [-0.15, -0.1) is 0 Å². The quantitative estimate of drug-likeness (QED) is 0.302. The van der Waals surface area contributed by atoms with E-state index in [1.807, 2.05) is 55.5 Å². The highest BCUT2D eigenvalue weighted by Crippen LogP contribution is 2.34. The van der Waals surface area contributed by atoms with E-state index in [9.17, 15) is 19.2 Å². The van der Waals surface area contributed by atoms with Crippen molar-refractivity contribution in [3.63, 3.8) is 0 Å². The Morgan fingerprint density at radius 3 is 2.34 bits per heavy atom. The maximum absolute atomic E-state index is 13.9. The van der Waals surface area contributed by atoms with Crippen LogP contribution in [0.5, 0.6) is 5.75 Å². The van der Waals surface area contributed by atoms with Crippen LogP contribution >= 0.6 is 0 Å². The standard InChI is InChI=1S/C36H44N2O6/c1-22-29-12-8-7-11-26(29)19-30(22)35(42)37-23(2)32(39)20-27(17-25-13-15-28(43-4)16-14-25)34(41)38-31(18-24-9-5-6-10-24)33(40)36(3)21-44-36/h7-8,11-16,23-24,27,31H,5-6,9-10,17-21H2,1-4H3,(H,37,42)(H,38,41). The van der Waals surface area contributed by atoms with Gasteiger partial charge >= 0.3 is 0 Å². The summed E-state index contributed by atoms with van der Waals surface area (Å²) in [7, 11) is 1.59. The van der Waals surface area contributed by atoms with Crippen LogP contribution < -0.4 is 15.4 Å². The fraction of sp³-hybridized carbons (Fsp3) is 0.500. The van der Waals surface area contributed by atoms with Gasteiger partial charge in [0.15, 0.2) is 11.6 Å². The van der Waals surface area contributed by atoms with Crippen LogP contribution in [0.2, 0.25) is 0 Å². The number of amides is 2. The van der Waals surface area contributed by atoms with Crippen LogP contribution in [0, 0.1) is 11.8 Å². The number of fused-ring (bicyclic) bond motifs is 1. The number of rotatable bonds is 14. The van der Waals surface area contributed by atoms with E-state index in [1.54, 1.807) is 21.0 Å². The second-order valence-corrected chi connectivity index (χ2v) is 12.9. The fourth-order valence-electron chi connectivity index (χ4n) is 6.58. The molecule has 1 saturated heterocycles. The zero-order valence-electron chi connectivity index (χ0n) is 26.2. The van der Waals surface area contributed by atoms with Gasteiger partial charge in [0.25, 0.3) is 0 Å². The number of carbonyl (C=O) groups is 4. The first-order chi connectivity index (χ1) is 21.1. The summed E-state index contributed by atoms with van der Waals surface area (Å²) in [6, 6.07) is 13.9. The molecule has 2 fully saturated rings. The van der Waals surface area contributed by atoms with Crippen LogP contribution in [0.4, 0.5) is 0 Å². The van der Waals surface area contributed by atoms with Crippen LogP contribution in [-0.4, -0.2) is 54.8 Å². The molecule has 44 heavy (non-hydrogen) atoms. The molecule has 0 radical (unpaired) electrons. The highest BCUT2D eigenvalue weighted by atomic mass is 16.6. The number of ketones is 2. The number of ether oxygens (including phenoxy) is 2. The first-order valence-corrected chi connectivity index (χ1v) is 15.8. The van der Waals surface area contributed by atoms with Crippen molar-refractivity contribution < 1.29 is 28.7 Å². The minimum absolute atomic E-state index is 0.0737. The third-order valence-corrected chi connectivity index (χ3v) is 9.58. The van der Waals surface area contributed by atoms with Gasteiger partial charge in [-0.1, -0.05) is 62.1 Å². The number of methoxy groups -OCH3 is 1. The Bertz CT molecular complexity index is 1430. The Balaban J connectivity index is 1.29. The van der Waals surface area contributed by atoms with E-state index in [0.29, 0.717) is 43.1 Å². The number of hydrogen-bond acceptors (Lipinski definition) is 6. The third-order valence-electron chi connectivity index (χ3n) is 9.58. The molecule has 2 amide bonds. The zero-order chi connectivity index (χ0) is 31.4. The lowest BCUT2D eigenvalue weighted by Gasteiger charge is -2.26. The van der Waals surface area contributed by atoms with Gasteiger partial charge in [0.1, 0.15) is 11.4 Å². The highest BCUT2D eigenvalue weighted by molar-refractivity contribution is 6.05. The Labute approximate surface area is 260 Å². The van der Waals surface area contributed by atoms with Crippen molar-refractivity contribution in [1.82, 2.24) is 10.6 Å². The van der Waals surface area contributed by atoms with Crippen molar-refractivity contribution >= 4 is 29.0 Å². The van der Waals surface area contributed by atoms with Crippen molar-refractivity contribution in [3.8, 4) is 5.75 Å². The lowest BCUT2D eigenvalue weighted by Crippen LogP contribution is -2.49. The zero-order valence-corrected chi connectivity index (χ0v) is 26.2. The van der Waals surface area contributed by atoms with Crippen LogP contribution in [-0.2, 0) is 36.8 Å². The summed E-state index contributed by atoms with van der Waals surface area (Å²) in [5.41, 5.74) is 3.74. The Kier molecular flexibility index (Phi) is 9.68. The number of Topliss-reactive ketones (excluding diaryl/α,β-unsaturated/α-hetero) is 2. The summed E-state index contributed by atoms with van der Waals surface area (Å²) in [6.07, 6.45) is 5.69. The van der Waals surface area contributed by atoms with Crippen LogP contribution in [0.15, 0.2) is 54.1 Å². The summed E-state index contributed by atoms with van der Waals surface area (Å²) in [5.74, 6) is -0.595. The first kappa shape index (κ1) is 31.6. The molecule has 234 valence electrons. The maximum Gasteiger partial charge on any atom is 0.248 e. The average Bonchev–Trinajstić information content (AvgIpc) is 3.40. The van der Waals surface area contributed by atoms with Gasteiger partial charge in [-0.25, -0.2) is 0 Å². The molecule has 0 aromatic heterocycles. The predicted molar refractivity (Wildman–Crippen MR) is 168 cm³/mol. The van der Waals surface area contributed by atoms with E-state index < -0.39 is 23.6 Å². The molecule has 2 aromatic carbocycles. The predicted octanol–water partition coefficient (Wildman–Crippen LogP) is 4.77. The van der Waals surface area contributed by atoms with Gasteiger partial charge in [0.2, 0.25) is 11.8 Å². The number of benzene rings is 2. The highest BCUT2D eigenvalue weighted by Gasteiger charge is 2.50. The van der Waals surface area contributed by atoms with Crippen molar-refractivity contribution in [3.05, 3.63) is 70.8 Å². The molecule has 1 aliphatic heterocycles. The molecule has 8 nitrogen and oxygen atoms in total. The van der Waals surface area contributed by atoms with E-state index in [1.165, 1.54) is 0 Å². The topological polar surface area (TPSA) is 114 Å². The molecule has 3 aliphatic rings. The van der Waals surface area contributed by atoms with E-state index in [2.05, 4.69) is 10.6 Å². The molecule has 8 heteroatoms. The average molecular weight is 601 g/mol. The molecule has 0 bridgehead atoms. The molecule has 2 aliphatic carbocycles. The van der Waals surface area contributed by atoms with E-state index in [4.69, 9.17) is 9.47 Å². The minimum Gasteiger partial charge on any atom is -0.497 e. The van der Waals surface area contributed by atoms with E-state index in [-0.39, 0.29) is 29.8 Å². The number of allylic oxidation sites excluding steroid dienone is 1. The Morgan fingerprint density at radius 1 is 1.02 bits per heavy atom. The summed E-state index contributed by atoms with van der Waals surface area (Å²) in [5, 5.41) is 5.92.